The minimum absolute atomic E-state index is 0.0359. The molecule has 0 saturated heterocycles. The van der Waals surface area contributed by atoms with Gasteiger partial charge in [0.25, 0.3) is 56.5 Å². The third-order valence-electron chi connectivity index (χ3n) is 10.1. The van der Waals surface area contributed by atoms with E-state index in [4.69, 9.17) is 0 Å². The fourth-order valence-electron chi connectivity index (χ4n) is 6.93. The zero-order chi connectivity index (χ0) is 53.6. The first kappa shape index (κ1) is 53.0. The summed E-state index contributed by atoms with van der Waals surface area (Å²) in [4.78, 5) is 35.7. The number of anilines is 6. The van der Waals surface area contributed by atoms with Crippen molar-refractivity contribution in [3.8, 4) is 5.75 Å². The van der Waals surface area contributed by atoms with Crippen LogP contribution in [-0.4, -0.2) is 121 Å². The number of carboxylic acids is 1. The van der Waals surface area contributed by atoms with Crippen molar-refractivity contribution >= 4 is 130 Å². The largest absolute Gasteiger partial charge is 0.505 e. The van der Waals surface area contributed by atoms with Gasteiger partial charge in [-0.15, -0.1) is 10.2 Å². The number of benzene rings is 6. The van der Waals surface area contributed by atoms with Crippen LogP contribution in [0.15, 0.2) is 127 Å². The maximum Gasteiger partial charge on any atom is 0.337 e. The number of nitrogens with one attached hydrogen (secondary N) is 3. The summed E-state index contributed by atoms with van der Waals surface area (Å²) >= 11 is 0. The number of para-hydroxylation sites is 1. The van der Waals surface area contributed by atoms with Gasteiger partial charge in [0, 0.05) is 41.0 Å². The van der Waals surface area contributed by atoms with Gasteiger partial charge in [0.1, 0.15) is 26.1 Å². The molecule has 1 heterocycles. The third kappa shape index (κ3) is 12.1. The van der Waals surface area contributed by atoms with E-state index in [0.717, 1.165) is 30.3 Å². The third-order valence-corrected chi connectivity index (χ3v) is 14.4. The second-order valence-corrected chi connectivity index (χ2v) is 22.3. The molecule has 0 atom stereocenters. The van der Waals surface area contributed by atoms with Crippen LogP contribution in [0.1, 0.15) is 20.7 Å². The monoisotopic (exact) mass is 1100 g/mol. The molecule has 0 aliphatic carbocycles. The van der Waals surface area contributed by atoms with Crippen LogP contribution >= 0.6 is 0 Å². The second-order valence-electron chi connectivity index (χ2n) is 15.1. The van der Waals surface area contributed by atoms with Gasteiger partial charge in [-0.3, -0.25) is 27.6 Å². The quantitative estimate of drug-likeness (QED) is 0.0421. The summed E-state index contributed by atoms with van der Waals surface area (Å²) in [6.07, 6.45) is 0. The molecule has 0 unspecified atom stereocenters. The van der Waals surface area contributed by atoms with Gasteiger partial charge in [0.05, 0.1) is 27.6 Å². The summed E-state index contributed by atoms with van der Waals surface area (Å²) < 4.78 is 172. The summed E-state index contributed by atoms with van der Waals surface area (Å²) in [7, 11) is -24.2. The van der Waals surface area contributed by atoms with Gasteiger partial charge in [-0.1, -0.05) is 36.4 Å². The number of hydrogen-bond acceptors (Lipinski definition) is 21. The Morgan fingerprint density at radius 3 is 1.93 bits per heavy atom. The van der Waals surface area contributed by atoms with E-state index in [1.807, 2.05) is 0 Å². The lowest BCUT2D eigenvalue weighted by Gasteiger charge is -2.18. The fourth-order valence-corrected chi connectivity index (χ4v) is 10.2. The summed E-state index contributed by atoms with van der Waals surface area (Å²) in [5.41, 5.74) is -3.01. The zero-order valence-corrected chi connectivity index (χ0v) is 40.5. The highest BCUT2D eigenvalue weighted by Crippen LogP contribution is 2.46. The molecule has 0 radical (unpaired) electrons. The van der Waals surface area contributed by atoms with Crippen LogP contribution in [0.5, 0.6) is 5.75 Å². The Labute approximate surface area is 411 Å². The molecule has 10 N–H and O–H groups in total. The van der Waals surface area contributed by atoms with Crippen molar-refractivity contribution in [2.24, 2.45) is 10.2 Å². The number of carbonyl (C=O) groups is 2. The number of rotatable bonds is 17. The summed E-state index contributed by atoms with van der Waals surface area (Å²) in [6.45, 7) is -0.338. The highest BCUT2D eigenvalue weighted by Gasteiger charge is 2.28. The van der Waals surface area contributed by atoms with E-state index in [-0.39, 0.29) is 46.9 Å². The predicted octanol–water partition coefficient (Wildman–Crippen LogP) is 5.05. The maximum atomic E-state index is 14.0. The van der Waals surface area contributed by atoms with Gasteiger partial charge >= 0.3 is 5.97 Å². The number of aromatic hydroxyl groups is 1. The second kappa shape index (κ2) is 19.6. The standard InChI is InChI=1S/C40H33N9O19S5/c1-49(14-15-69(54,55)56)40-45-38(44-39(46-40)43-27-10-3-2-8-26(27)37(52)53)41-22-7-4-6-20(16-22)36(51)42-29-19-23(70(57,58)59)17-21-18-31(72(63,64)65)33(34(50)32(21)29)48-47-28-13-12-24-25(35(28)73(66,67)68)9-5-11-30(24)71(60,61)62/h2-13,16-19,50H,14-15H2,1H3,(H,42,51)(H,52,53)(H,54,55,56)(H,57,58,59)(H,60,61,62)(H,63,64,65)(H,66,67,68)(H2,41,43,44,45,46). The lowest BCUT2D eigenvalue weighted by atomic mass is 10.1. The van der Waals surface area contributed by atoms with Crippen molar-refractivity contribution in [1.29, 1.82) is 0 Å². The van der Waals surface area contributed by atoms with Crippen molar-refractivity contribution in [2.75, 3.05) is 40.2 Å². The molecule has 33 heteroatoms. The number of nitrogens with zero attached hydrogens (tertiary/aromatic N) is 6. The minimum Gasteiger partial charge on any atom is -0.505 e. The van der Waals surface area contributed by atoms with Crippen molar-refractivity contribution in [2.45, 2.75) is 19.6 Å². The normalized spacial score (nSPS) is 12.5. The number of azo groups is 1. The van der Waals surface area contributed by atoms with E-state index in [1.54, 1.807) is 0 Å². The fraction of sp³-hybridized carbons (Fsp3) is 0.0750. The Morgan fingerprint density at radius 2 is 1.30 bits per heavy atom. The lowest BCUT2D eigenvalue weighted by Crippen LogP contribution is -2.27. The van der Waals surface area contributed by atoms with Crippen LogP contribution < -0.4 is 20.9 Å². The molecule has 0 aliphatic heterocycles. The Bertz CT molecular complexity index is 4090. The van der Waals surface area contributed by atoms with Crippen molar-refractivity contribution in [3.63, 3.8) is 0 Å². The van der Waals surface area contributed by atoms with E-state index in [2.05, 4.69) is 41.1 Å². The van der Waals surface area contributed by atoms with Crippen molar-refractivity contribution in [1.82, 2.24) is 15.0 Å². The van der Waals surface area contributed by atoms with Crippen molar-refractivity contribution < 1.29 is 84.7 Å². The summed E-state index contributed by atoms with van der Waals surface area (Å²) in [5, 5.41) is 34.4. The zero-order valence-electron chi connectivity index (χ0n) is 36.4. The van der Waals surface area contributed by atoms with E-state index >= 15 is 0 Å². The average Bonchev–Trinajstić information content (AvgIpc) is 3.28. The van der Waals surface area contributed by atoms with Gasteiger partial charge in [-0.25, -0.2) is 4.79 Å². The van der Waals surface area contributed by atoms with Gasteiger partial charge in [-0.2, -0.15) is 57.0 Å². The van der Waals surface area contributed by atoms with Crippen LogP contribution in [0.25, 0.3) is 21.5 Å². The highest BCUT2D eigenvalue weighted by molar-refractivity contribution is 7.87. The van der Waals surface area contributed by atoms with E-state index in [0.29, 0.717) is 18.2 Å². The number of carbonyl (C=O) groups excluding carboxylic acids is 1. The van der Waals surface area contributed by atoms with Crippen LogP contribution in [0.4, 0.5) is 46.3 Å². The molecule has 73 heavy (non-hydrogen) atoms. The topological polar surface area (TPSA) is 449 Å². The van der Waals surface area contributed by atoms with E-state index in [9.17, 15) is 84.7 Å². The first-order chi connectivity index (χ1) is 33.9. The van der Waals surface area contributed by atoms with Gasteiger partial charge < -0.3 is 31.1 Å². The molecule has 28 nitrogen and oxygen atoms in total. The molecule has 7 rings (SSSR count). The molecule has 0 bridgehead atoms. The van der Waals surface area contributed by atoms with Gasteiger partial charge in [-0.05, 0) is 66.0 Å². The first-order valence-corrected chi connectivity index (χ1v) is 27.2. The molecule has 1 aromatic heterocycles. The molecule has 0 fully saturated rings. The maximum absolute atomic E-state index is 14.0. The molecular formula is C40H33N9O19S5. The first-order valence-electron chi connectivity index (χ1n) is 19.8. The molecule has 0 aliphatic rings. The van der Waals surface area contributed by atoms with Gasteiger partial charge in [0.15, 0.2) is 5.75 Å². The molecule has 7 aromatic rings. The predicted molar refractivity (Wildman–Crippen MR) is 257 cm³/mol. The number of carboxylic acid groups (broad SMARTS) is 1. The van der Waals surface area contributed by atoms with Gasteiger partial charge in [0.2, 0.25) is 17.8 Å². The number of phenols is 1. The number of aromatic carboxylic acids is 1. The van der Waals surface area contributed by atoms with Crippen LogP contribution in [-0.2, 0) is 50.6 Å². The molecule has 382 valence electrons. The number of phenolic OH excluding ortho intramolecular Hbond substituents is 1. The molecular weight excluding hydrogens is 1070 g/mol. The number of amides is 1. The number of fused-ring (bicyclic) bond motifs is 2. The number of aromatic nitrogens is 3. The van der Waals surface area contributed by atoms with Crippen LogP contribution in [0, 0.1) is 0 Å². The molecule has 0 saturated carbocycles. The summed E-state index contributed by atoms with van der Waals surface area (Å²) in [6, 6.07) is 17.3. The van der Waals surface area contributed by atoms with Crippen LogP contribution in [0.2, 0.25) is 0 Å². The molecule has 0 spiro atoms. The lowest BCUT2D eigenvalue weighted by molar-refractivity contribution is 0.0697. The van der Waals surface area contributed by atoms with E-state index < -0.39 is 132 Å². The van der Waals surface area contributed by atoms with Crippen LogP contribution in [0.3, 0.4) is 0 Å². The van der Waals surface area contributed by atoms with Crippen molar-refractivity contribution in [3.05, 3.63) is 108 Å². The Balaban J connectivity index is 1.30. The highest BCUT2D eigenvalue weighted by atomic mass is 32.2. The molecule has 1 amide bonds. The smallest absolute Gasteiger partial charge is 0.337 e. The Hall–Kier alpha value is -7.86. The average molecular weight is 1100 g/mol. The number of hydrogen-bond donors (Lipinski definition) is 10. The Kier molecular flexibility index (Phi) is 14.2. The Morgan fingerprint density at radius 1 is 0.644 bits per heavy atom. The minimum atomic E-state index is -5.51. The SMILES string of the molecule is CN(CCS(=O)(=O)O)c1nc(Nc2cccc(C(=O)Nc3cc(S(=O)(=O)O)cc4cc(S(=O)(=O)O)c(N=Nc5ccc6c(S(=O)(=O)O)cccc6c5S(=O)(=O)O)c(O)c34)c2)nc(Nc2ccccc2C(=O)O)n1. The van der Waals surface area contributed by atoms with E-state index in [1.165, 1.54) is 60.5 Å². The molecule has 6 aromatic carbocycles. The summed E-state index contributed by atoms with van der Waals surface area (Å²) in [5.74, 6) is -5.16.